The molecule has 0 radical (unpaired) electrons. The molecule has 0 aromatic heterocycles. The number of sulfone groups is 1. The maximum absolute atomic E-state index is 11.4. The van der Waals surface area contributed by atoms with Gasteiger partial charge in [0.25, 0.3) is 0 Å². The van der Waals surface area contributed by atoms with E-state index in [0.717, 1.165) is 19.3 Å². The van der Waals surface area contributed by atoms with Gasteiger partial charge in [-0.25, -0.2) is 8.42 Å². The summed E-state index contributed by atoms with van der Waals surface area (Å²) in [5.41, 5.74) is 0. The van der Waals surface area contributed by atoms with Gasteiger partial charge in [-0.05, 0) is 18.8 Å². The monoisotopic (exact) mass is 176 g/mol. The van der Waals surface area contributed by atoms with Crippen molar-refractivity contribution in [3.63, 3.8) is 0 Å². The number of hydrogen-bond acceptors (Lipinski definition) is 2. The summed E-state index contributed by atoms with van der Waals surface area (Å²) in [6, 6.07) is 0. The maximum Gasteiger partial charge on any atom is 0.153 e. The molecule has 0 spiro atoms. The Balaban J connectivity index is 2.73. The van der Waals surface area contributed by atoms with E-state index in [0.29, 0.717) is 11.7 Å². The first-order valence-electron chi connectivity index (χ1n) is 4.29. The predicted octanol–water partition coefficient (Wildman–Crippen LogP) is 1.61. The van der Waals surface area contributed by atoms with E-state index in [4.69, 9.17) is 0 Å². The molecule has 0 N–H and O–H groups in total. The van der Waals surface area contributed by atoms with E-state index in [1.807, 2.05) is 6.92 Å². The van der Waals surface area contributed by atoms with Gasteiger partial charge in [0.1, 0.15) is 0 Å². The highest BCUT2D eigenvalue weighted by atomic mass is 32.2. The van der Waals surface area contributed by atoms with Crippen LogP contribution in [0.2, 0.25) is 0 Å². The van der Waals surface area contributed by atoms with Crippen molar-refractivity contribution in [1.29, 1.82) is 0 Å². The molecule has 2 unspecified atom stereocenters. The maximum atomic E-state index is 11.4. The fraction of sp³-hybridized carbons (Fsp3) is 1.00. The van der Waals surface area contributed by atoms with Crippen LogP contribution in [0.25, 0.3) is 0 Å². The molecule has 66 valence electrons. The van der Waals surface area contributed by atoms with Crippen LogP contribution in [0, 0.1) is 5.92 Å². The summed E-state index contributed by atoms with van der Waals surface area (Å²) in [5, 5.41) is -0.0347. The van der Waals surface area contributed by atoms with Gasteiger partial charge in [-0.1, -0.05) is 20.3 Å². The van der Waals surface area contributed by atoms with Gasteiger partial charge in [-0.15, -0.1) is 0 Å². The van der Waals surface area contributed by atoms with E-state index in [-0.39, 0.29) is 5.25 Å². The summed E-state index contributed by atoms with van der Waals surface area (Å²) >= 11 is 0. The van der Waals surface area contributed by atoms with Gasteiger partial charge in [-0.3, -0.25) is 0 Å². The Morgan fingerprint density at radius 2 is 2.18 bits per heavy atom. The van der Waals surface area contributed by atoms with Gasteiger partial charge in [-0.2, -0.15) is 0 Å². The van der Waals surface area contributed by atoms with Crippen molar-refractivity contribution in [3.8, 4) is 0 Å². The summed E-state index contributed by atoms with van der Waals surface area (Å²) < 4.78 is 22.7. The van der Waals surface area contributed by atoms with Gasteiger partial charge in [0, 0.05) is 0 Å². The third kappa shape index (κ3) is 1.75. The van der Waals surface area contributed by atoms with Crippen molar-refractivity contribution < 1.29 is 8.42 Å². The summed E-state index contributed by atoms with van der Waals surface area (Å²) in [6.45, 7) is 4.09. The Morgan fingerprint density at radius 1 is 1.55 bits per heavy atom. The number of hydrogen-bond donors (Lipinski definition) is 0. The number of rotatable bonds is 2. The zero-order chi connectivity index (χ0) is 8.48. The molecule has 0 saturated carbocycles. The normalized spacial score (nSPS) is 32.0. The average Bonchev–Trinajstić information content (AvgIpc) is 2.28. The Hall–Kier alpha value is -0.0500. The lowest BCUT2D eigenvalue weighted by atomic mass is 10.0. The molecule has 0 aromatic rings. The van der Waals surface area contributed by atoms with Crippen LogP contribution in [-0.2, 0) is 9.84 Å². The summed E-state index contributed by atoms with van der Waals surface area (Å²) in [5.74, 6) is 0.768. The Labute approximate surface area is 68.9 Å². The van der Waals surface area contributed by atoms with E-state index >= 15 is 0 Å². The fourth-order valence-corrected chi connectivity index (χ4v) is 4.02. The lowest BCUT2D eigenvalue weighted by molar-refractivity contribution is 0.494. The molecule has 1 aliphatic heterocycles. The van der Waals surface area contributed by atoms with Gasteiger partial charge >= 0.3 is 0 Å². The third-order valence-electron chi connectivity index (χ3n) is 2.66. The molecule has 0 bridgehead atoms. The Morgan fingerprint density at radius 3 is 2.55 bits per heavy atom. The molecule has 1 fully saturated rings. The van der Waals surface area contributed by atoms with Crippen LogP contribution in [0.5, 0.6) is 0 Å². The molecule has 1 rings (SSSR count). The first kappa shape index (κ1) is 9.04. The van der Waals surface area contributed by atoms with Gasteiger partial charge in [0.05, 0.1) is 11.0 Å². The predicted molar refractivity (Wildman–Crippen MR) is 46.3 cm³/mol. The summed E-state index contributed by atoms with van der Waals surface area (Å²) in [7, 11) is -2.70. The Bertz CT molecular complexity index is 218. The van der Waals surface area contributed by atoms with Crippen LogP contribution in [0.15, 0.2) is 0 Å². The molecule has 1 aliphatic rings. The van der Waals surface area contributed by atoms with Gasteiger partial charge in [0.2, 0.25) is 0 Å². The zero-order valence-electron chi connectivity index (χ0n) is 7.21. The van der Waals surface area contributed by atoms with E-state index in [1.54, 1.807) is 0 Å². The molecule has 3 heteroatoms. The minimum Gasteiger partial charge on any atom is -0.229 e. The third-order valence-corrected chi connectivity index (χ3v) is 5.14. The van der Waals surface area contributed by atoms with Crippen LogP contribution in [-0.4, -0.2) is 19.4 Å². The minimum atomic E-state index is -2.70. The van der Waals surface area contributed by atoms with Crippen LogP contribution < -0.4 is 0 Å². The van der Waals surface area contributed by atoms with Crippen molar-refractivity contribution in [1.82, 2.24) is 0 Å². The summed E-state index contributed by atoms with van der Waals surface area (Å²) in [6.07, 6.45) is 2.73. The second-order valence-electron chi connectivity index (χ2n) is 3.43. The second kappa shape index (κ2) is 3.13. The molecular weight excluding hydrogens is 160 g/mol. The van der Waals surface area contributed by atoms with Crippen LogP contribution in [0.1, 0.15) is 33.1 Å². The second-order valence-corrected chi connectivity index (χ2v) is 5.77. The van der Waals surface area contributed by atoms with Crippen molar-refractivity contribution in [2.45, 2.75) is 38.4 Å². The van der Waals surface area contributed by atoms with Gasteiger partial charge in [0.15, 0.2) is 9.84 Å². The van der Waals surface area contributed by atoms with Crippen molar-refractivity contribution in [3.05, 3.63) is 0 Å². The first-order valence-corrected chi connectivity index (χ1v) is 6.01. The zero-order valence-corrected chi connectivity index (χ0v) is 8.02. The molecule has 0 aromatic carbocycles. The fourth-order valence-electron chi connectivity index (χ4n) is 1.72. The van der Waals surface area contributed by atoms with Crippen molar-refractivity contribution in [2.75, 3.05) is 5.75 Å². The molecule has 1 saturated heterocycles. The first-order chi connectivity index (χ1) is 5.08. The minimum absolute atomic E-state index is 0.0347. The summed E-state index contributed by atoms with van der Waals surface area (Å²) in [4.78, 5) is 0. The van der Waals surface area contributed by atoms with Crippen LogP contribution in [0.3, 0.4) is 0 Å². The molecule has 0 amide bonds. The van der Waals surface area contributed by atoms with Gasteiger partial charge < -0.3 is 0 Å². The topological polar surface area (TPSA) is 34.1 Å². The van der Waals surface area contributed by atoms with E-state index in [1.165, 1.54) is 0 Å². The molecule has 11 heavy (non-hydrogen) atoms. The van der Waals surface area contributed by atoms with Crippen LogP contribution >= 0.6 is 0 Å². The molecule has 2 atom stereocenters. The highest BCUT2D eigenvalue weighted by molar-refractivity contribution is 7.92. The van der Waals surface area contributed by atoms with Crippen molar-refractivity contribution in [2.24, 2.45) is 5.92 Å². The van der Waals surface area contributed by atoms with E-state index in [2.05, 4.69) is 6.92 Å². The lowest BCUT2D eigenvalue weighted by Gasteiger charge is -2.15. The quantitative estimate of drug-likeness (QED) is 0.640. The highest BCUT2D eigenvalue weighted by Gasteiger charge is 2.34. The standard InChI is InChI=1S/C8H16O2S/c1-3-7(2)8-5-4-6-11(8,9)10/h7-8H,3-6H2,1-2H3. The largest absolute Gasteiger partial charge is 0.229 e. The smallest absolute Gasteiger partial charge is 0.153 e. The highest BCUT2D eigenvalue weighted by Crippen LogP contribution is 2.27. The average molecular weight is 176 g/mol. The van der Waals surface area contributed by atoms with E-state index < -0.39 is 9.84 Å². The molecular formula is C8H16O2S. The molecule has 1 heterocycles. The SMILES string of the molecule is CCC(C)C1CCCS1(=O)=O. The van der Waals surface area contributed by atoms with Crippen molar-refractivity contribution >= 4 is 9.84 Å². The molecule has 2 nitrogen and oxygen atoms in total. The van der Waals surface area contributed by atoms with E-state index in [9.17, 15) is 8.42 Å². The van der Waals surface area contributed by atoms with Crippen LogP contribution in [0.4, 0.5) is 0 Å². The Kier molecular flexibility index (Phi) is 2.58. The molecule has 0 aliphatic carbocycles. The lowest BCUT2D eigenvalue weighted by Crippen LogP contribution is -2.23.